The Morgan fingerprint density at radius 3 is 2.59 bits per heavy atom. The largest absolute Gasteiger partial charge is 0.497 e. The SMILES string of the molecule is COc1cccc(-c2nc3ncc(-c4cccc(C=O)c4)cc3c(=O)n2CC(=O)NC(C)C)c1. The van der Waals surface area contributed by atoms with Crippen molar-refractivity contribution in [3.63, 3.8) is 0 Å². The molecule has 0 spiro atoms. The van der Waals surface area contributed by atoms with Crippen molar-refractivity contribution in [1.29, 1.82) is 0 Å². The summed E-state index contributed by atoms with van der Waals surface area (Å²) in [5, 5.41) is 3.09. The minimum absolute atomic E-state index is 0.0738. The Kier molecular flexibility index (Phi) is 6.49. The number of carbonyl (C=O) groups excluding carboxylic acids is 2. The first-order valence-electron chi connectivity index (χ1n) is 10.8. The van der Waals surface area contributed by atoms with Crippen molar-refractivity contribution >= 4 is 23.2 Å². The van der Waals surface area contributed by atoms with Crippen molar-refractivity contribution in [2.45, 2.75) is 26.4 Å². The second-order valence-corrected chi connectivity index (χ2v) is 8.12. The van der Waals surface area contributed by atoms with Crippen molar-refractivity contribution in [3.8, 4) is 28.3 Å². The zero-order chi connectivity index (χ0) is 24.2. The lowest BCUT2D eigenvalue weighted by atomic mass is 10.0. The summed E-state index contributed by atoms with van der Waals surface area (Å²) in [7, 11) is 1.55. The molecule has 1 amide bonds. The number of hydrogen-bond acceptors (Lipinski definition) is 6. The fourth-order valence-corrected chi connectivity index (χ4v) is 3.70. The van der Waals surface area contributed by atoms with Gasteiger partial charge in [0.2, 0.25) is 5.91 Å². The summed E-state index contributed by atoms with van der Waals surface area (Å²) in [6.07, 6.45) is 2.38. The van der Waals surface area contributed by atoms with Gasteiger partial charge in [-0.3, -0.25) is 19.0 Å². The lowest BCUT2D eigenvalue weighted by Gasteiger charge is -2.15. The molecule has 0 aliphatic heterocycles. The number of rotatable bonds is 7. The predicted molar refractivity (Wildman–Crippen MR) is 130 cm³/mol. The highest BCUT2D eigenvalue weighted by molar-refractivity contribution is 5.84. The van der Waals surface area contributed by atoms with Gasteiger partial charge in [-0.15, -0.1) is 0 Å². The number of pyridine rings is 1. The van der Waals surface area contributed by atoms with Crippen LogP contribution in [0.3, 0.4) is 0 Å². The predicted octanol–water partition coefficient (Wildman–Crippen LogP) is 3.47. The third kappa shape index (κ3) is 4.71. The Bertz CT molecular complexity index is 1440. The molecule has 4 rings (SSSR count). The number of carbonyl (C=O) groups is 2. The first-order chi connectivity index (χ1) is 16.4. The van der Waals surface area contributed by atoms with Gasteiger partial charge < -0.3 is 10.1 Å². The third-order valence-electron chi connectivity index (χ3n) is 5.25. The monoisotopic (exact) mass is 456 g/mol. The van der Waals surface area contributed by atoms with Crippen LogP contribution in [0.2, 0.25) is 0 Å². The van der Waals surface area contributed by atoms with Crippen molar-refractivity contribution in [1.82, 2.24) is 19.9 Å². The van der Waals surface area contributed by atoms with E-state index in [-0.39, 0.29) is 35.1 Å². The van der Waals surface area contributed by atoms with Crippen molar-refractivity contribution in [2.75, 3.05) is 7.11 Å². The lowest BCUT2D eigenvalue weighted by molar-refractivity contribution is -0.122. The molecule has 172 valence electrons. The Morgan fingerprint density at radius 1 is 1.09 bits per heavy atom. The van der Waals surface area contributed by atoms with E-state index in [2.05, 4.69) is 15.3 Å². The summed E-state index contributed by atoms with van der Waals surface area (Å²) in [6.45, 7) is 3.51. The van der Waals surface area contributed by atoms with Crippen molar-refractivity contribution in [2.24, 2.45) is 0 Å². The van der Waals surface area contributed by atoms with Crippen LogP contribution < -0.4 is 15.6 Å². The average Bonchev–Trinajstić information content (AvgIpc) is 2.85. The molecule has 1 N–H and O–H groups in total. The van der Waals surface area contributed by atoms with Gasteiger partial charge in [0.05, 0.1) is 12.5 Å². The fourth-order valence-electron chi connectivity index (χ4n) is 3.70. The maximum Gasteiger partial charge on any atom is 0.263 e. The van der Waals surface area contributed by atoms with E-state index in [0.29, 0.717) is 28.3 Å². The van der Waals surface area contributed by atoms with E-state index in [4.69, 9.17) is 4.74 Å². The minimum atomic E-state index is -0.386. The highest BCUT2D eigenvalue weighted by Crippen LogP contribution is 2.25. The van der Waals surface area contributed by atoms with Crippen LogP contribution >= 0.6 is 0 Å². The Labute approximate surface area is 196 Å². The van der Waals surface area contributed by atoms with Crippen LogP contribution in [0.1, 0.15) is 24.2 Å². The summed E-state index contributed by atoms with van der Waals surface area (Å²) in [5.41, 5.74) is 2.44. The number of fused-ring (bicyclic) bond motifs is 1. The molecule has 2 aromatic heterocycles. The van der Waals surface area contributed by atoms with E-state index >= 15 is 0 Å². The molecular formula is C26H24N4O4. The third-order valence-corrected chi connectivity index (χ3v) is 5.25. The molecule has 8 nitrogen and oxygen atoms in total. The topological polar surface area (TPSA) is 103 Å². The van der Waals surface area contributed by atoms with Gasteiger partial charge in [0.15, 0.2) is 5.65 Å². The van der Waals surface area contributed by atoms with Gasteiger partial charge in [-0.2, -0.15) is 0 Å². The molecule has 0 aliphatic rings. The van der Waals surface area contributed by atoms with Gasteiger partial charge in [0.25, 0.3) is 5.56 Å². The summed E-state index contributed by atoms with van der Waals surface area (Å²) in [6, 6.07) is 15.8. The first kappa shape index (κ1) is 22.8. The highest BCUT2D eigenvalue weighted by Gasteiger charge is 2.18. The summed E-state index contributed by atoms with van der Waals surface area (Å²) in [5.74, 6) is 0.618. The van der Waals surface area contributed by atoms with Gasteiger partial charge in [0.1, 0.15) is 24.4 Å². The van der Waals surface area contributed by atoms with Gasteiger partial charge >= 0.3 is 0 Å². The molecule has 8 heteroatoms. The van der Waals surface area contributed by atoms with E-state index < -0.39 is 0 Å². The molecule has 34 heavy (non-hydrogen) atoms. The molecule has 2 aromatic carbocycles. The highest BCUT2D eigenvalue weighted by atomic mass is 16.5. The van der Waals surface area contributed by atoms with Crippen molar-refractivity contribution in [3.05, 3.63) is 76.7 Å². The Hall–Kier alpha value is -4.33. The van der Waals surface area contributed by atoms with E-state index in [1.54, 1.807) is 61.8 Å². The molecule has 0 atom stereocenters. The number of nitrogens with zero attached hydrogens (tertiary/aromatic N) is 3. The minimum Gasteiger partial charge on any atom is -0.497 e. The zero-order valence-electron chi connectivity index (χ0n) is 19.1. The number of ether oxygens (including phenoxy) is 1. The van der Waals surface area contributed by atoms with Crippen LogP contribution in [0.25, 0.3) is 33.5 Å². The van der Waals surface area contributed by atoms with E-state index in [9.17, 15) is 14.4 Å². The molecule has 0 saturated carbocycles. The average molecular weight is 457 g/mol. The number of benzene rings is 2. The van der Waals surface area contributed by atoms with Crippen LogP contribution in [0.15, 0.2) is 65.6 Å². The second-order valence-electron chi connectivity index (χ2n) is 8.12. The smallest absolute Gasteiger partial charge is 0.263 e. The number of methoxy groups -OCH3 is 1. The van der Waals surface area contributed by atoms with E-state index in [1.165, 1.54) is 4.57 Å². The maximum absolute atomic E-state index is 13.6. The van der Waals surface area contributed by atoms with E-state index in [1.807, 2.05) is 19.9 Å². The quantitative estimate of drug-likeness (QED) is 0.427. The normalized spacial score (nSPS) is 10.9. The van der Waals surface area contributed by atoms with Crippen LogP contribution in [-0.4, -0.2) is 39.9 Å². The second kappa shape index (κ2) is 9.66. The molecule has 0 radical (unpaired) electrons. The number of amides is 1. The van der Waals surface area contributed by atoms with Gasteiger partial charge in [-0.05, 0) is 43.7 Å². The summed E-state index contributed by atoms with van der Waals surface area (Å²) < 4.78 is 6.67. The summed E-state index contributed by atoms with van der Waals surface area (Å²) >= 11 is 0. The first-order valence-corrected chi connectivity index (χ1v) is 10.8. The summed E-state index contributed by atoms with van der Waals surface area (Å²) in [4.78, 5) is 46.5. The zero-order valence-corrected chi connectivity index (χ0v) is 19.1. The van der Waals surface area contributed by atoms with Crippen LogP contribution in [0.4, 0.5) is 0 Å². The van der Waals surface area contributed by atoms with Gasteiger partial charge in [0, 0.05) is 28.9 Å². The van der Waals surface area contributed by atoms with Gasteiger partial charge in [-0.25, -0.2) is 9.97 Å². The van der Waals surface area contributed by atoms with Crippen LogP contribution in [0, 0.1) is 0 Å². The number of nitrogens with one attached hydrogen (secondary N) is 1. The number of hydrogen-bond donors (Lipinski definition) is 1. The number of aromatic nitrogens is 3. The molecule has 0 saturated heterocycles. The Morgan fingerprint density at radius 2 is 1.85 bits per heavy atom. The molecule has 0 fully saturated rings. The van der Waals surface area contributed by atoms with Crippen molar-refractivity contribution < 1.29 is 14.3 Å². The molecule has 0 bridgehead atoms. The molecule has 0 unspecified atom stereocenters. The molecule has 2 heterocycles. The number of aldehydes is 1. The molecule has 4 aromatic rings. The Balaban J connectivity index is 1.91. The van der Waals surface area contributed by atoms with Crippen LogP contribution in [0.5, 0.6) is 5.75 Å². The van der Waals surface area contributed by atoms with Crippen LogP contribution in [-0.2, 0) is 11.3 Å². The molecule has 0 aliphatic carbocycles. The van der Waals surface area contributed by atoms with E-state index in [0.717, 1.165) is 11.8 Å². The molecular weight excluding hydrogens is 432 g/mol. The maximum atomic E-state index is 13.6. The van der Waals surface area contributed by atoms with Gasteiger partial charge in [-0.1, -0.05) is 30.3 Å². The fraction of sp³-hybridized carbons (Fsp3) is 0.192. The lowest BCUT2D eigenvalue weighted by Crippen LogP contribution is -2.37. The standard InChI is InChI=1S/C26H24N4O4/c1-16(2)28-23(32)14-30-25(19-8-5-9-21(11-19)34-3)29-24-22(26(30)33)12-20(13-27-24)18-7-4-6-17(10-18)15-31/h4-13,15-16H,14H2,1-3H3,(H,28,32).